The van der Waals surface area contributed by atoms with E-state index in [0.717, 1.165) is 45.4 Å². The molecule has 3 aliphatic rings. The Labute approximate surface area is 102 Å². The summed E-state index contributed by atoms with van der Waals surface area (Å²) < 4.78 is 31.8. The van der Waals surface area contributed by atoms with Crippen molar-refractivity contribution in [3.05, 3.63) is 0 Å². The van der Waals surface area contributed by atoms with Crippen molar-refractivity contribution >= 4 is 10.0 Å². The van der Waals surface area contributed by atoms with Gasteiger partial charge in [0, 0.05) is 26.2 Å². The third-order valence-electron chi connectivity index (χ3n) is 4.21. The van der Waals surface area contributed by atoms with Crippen LogP contribution in [0.1, 0.15) is 25.7 Å². The molecule has 1 aliphatic carbocycles. The third kappa shape index (κ3) is 2.23. The molecule has 0 radical (unpaired) electrons. The molecule has 2 N–H and O–H groups in total. The molecule has 2 saturated heterocycles. The predicted molar refractivity (Wildman–Crippen MR) is 64.2 cm³/mol. The van der Waals surface area contributed by atoms with Gasteiger partial charge in [-0.25, -0.2) is 13.1 Å². The maximum Gasteiger partial charge on any atom is 0.214 e. The van der Waals surface area contributed by atoms with E-state index in [-0.39, 0.29) is 10.9 Å². The maximum absolute atomic E-state index is 11.7. The van der Waals surface area contributed by atoms with Crippen LogP contribution >= 0.6 is 0 Å². The van der Waals surface area contributed by atoms with Crippen LogP contribution in [0.25, 0.3) is 0 Å². The minimum Gasteiger partial charge on any atom is -0.372 e. The minimum atomic E-state index is -3.01. The zero-order valence-corrected chi connectivity index (χ0v) is 10.8. The Kier molecular flexibility index (Phi) is 2.93. The molecule has 98 valence electrons. The van der Waals surface area contributed by atoms with Crippen molar-refractivity contribution in [1.82, 2.24) is 10.0 Å². The van der Waals surface area contributed by atoms with Gasteiger partial charge in [0.05, 0.1) is 10.9 Å². The number of hydrogen-bond donors (Lipinski definition) is 2. The molecule has 2 heterocycles. The Hall–Kier alpha value is -0.170. The topological polar surface area (TPSA) is 67.4 Å². The standard InChI is InChI=1S/C11H20N2O3S/c14-17(15,10-1-2-10)13-5-3-9-4-6-16-11(9)7-12-8-11/h9-10,12-13H,1-8H2. The van der Waals surface area contributed by atoms with Gasteiger partial charge in [0.15, 0.2) is 0 Å². The smallest absolute Gasteiger partial charge is 0.214 e. The van der Waals surface area contributed by atoms with Gasteiger partial charge in [-0.2, -0.15) is 0 Å². The fourth-order valence-electron chi connectivity index (χ4n) is 2.83. The molecule has 3 fully saturated rings. The molecule has 0 aromatic carbocycles. The average molecular weight is 260 g/mol. The Morgan fingerprint density at radius 2 is 2.06 bits per heavy atom. The summed E-state index contributed by atoms with van der Waals surface area (Å²) in [6.07, 6.45) is 3.62. The van der Waals surface area contributed by atoms with Crippen LogP contribution in [0.5, 0.6) is 0 Å². The van der Waals surface area contributed by atoms with Crippen molar-refractivity contribution in [3.63, 3.8) is 0 Å². The second-order valence-corrected chi connectivity index (χ2v) is 7.48. The summed E-state index contributed by atoms with van der Waals surface area (Å²) >= 11 is 0. The van der Waals surface area contributed by atoms with Gasteiger partial charge in [0.2, 0.25) is 10.0 Å². The molecular formula is C11H20N2O3S. The Morgan fingerprint density at radius 3 is 2.65 bits per heavy atom. The van der Waals surface area contributed by atoms with E-state index >= 15 is 0 Å². The van der Waals surface area contributed by atoms with Crippen LogP contribution in [0.3, 0.4) is 0 Å². The second kappa shape index (κ2) is 4.19. The lowest BCUT2D eigenvalue weighted by Crippen LogP contribution is -2.62. The van der Waals surface area contributed by atoms with Gasteiger partial charge in [0.25, 0.3) is 0 Å². The molecule has 1 atom stereocenters. The summed E-state index contributed by atoms with van der Waals surface area (Å²) in [5.41, 5.74) is 0.0189. The summed E-state index contributed by atoms with van der Waals surface area (Å²) in [5.74, 6) is 0.505. The summed E-state index contributed by atoms with van der Waals surface area (Å²) in [6, 6.07) is 0. The van der Waals surface area contributed by atoms with Gasteiger partial charge >= 0.3 is 0 Å². The quantitative estimate of drug-likeness (QED) is 0.720. The van der Waals surface area contributed by atoms with E-state index in [1.54, 1.807) is 0 Å². The number of rotatable bonds is 5. The summed E-state index contributed by atoms with van der Waals surface area (Å²) in [6.45, 7) is 3.23. The predicted octanol–water partition coefficient (Wildman–Crippen LogP) is -0.163. The molecule has 1 spiro atoms. The number of nitrogens with one attached hydrogen (secondary N) is 2. The molecule has 2 aliphatic heterocycles. The monoisotopic (exact) mass is 260 g/mol. The Morgan fingerprint density at radius 1 is 1.29 bits per heavy atom. The van der Waals surface area contributed by atoms with Crippen LogP contribution in [0, 0.1) is 5.92 Å². The van der Waals surface area contributed by atoms with Crippen molar-refractivity contribution in [3.8, 4) is 0 Å². The molecule has 5 nitrogen and oxygen atoms in total. The van der Waals surface area contributed by atoms with Gasteiger partial charge in [-0.1, -0.05) is 0 Å². The zero-order valence-electron chi connectivity index (χ0n) is 9.94. The Bertz CT molecular complexity index is 388. The van der Waals surface area contributed by atoms with E-state index in [9.17, 15) is 8.42 Å². The van der Waals surface area contributed by atoms with Crippen LogP contribution in [0.2, 0.25) is 0 Å². The molecule has 17 heavy (non-hydrogen) atoms. The fraction of sp³-hybridized carbons (Fsp3) is 1.00. The lowest BCUT2D eigenvalue weighted by Gasteiger charge is -2.43. The zero-order chi connectivity index (χ0) is 11.9. The molecule has 1 saturated carbocycles. The normalized spacial score (nSPS) is 31.6. The van der Waals surface area contributed by atoms with Gasteiger partial charge in [0.1, 0.15) is 0 Å². The molecule has 3 rings (SSSR count). The van der Waals surface area contributed by atoms with Gasteiger partial charge < -0.3 is 10.1 Å². The van der Waals surface area contributed by atoms with Crippen molar-refractivity contribution in [2.45, 2.75) is 36.5 Å². The summed E-state index contributed by atoms with van der Waals surface area (Å²) in [5, 5.41) is 3.14. The number of hydrogen-bond acceptors (Lipinski definition) is 4. The first-order valence-electron chi connectivity index (χ1n) is 6.46. The average Bonchev–Trinajstić information content (AvgIpc) is 2.99. The van der Waals surface area contributed by atoms with Gasteiger partial charge in [-0.15, -0.1) is 0 Å². The minimum absolute atomic E-state index is 0.0189. The SMILES string of the molecule is O=S(=O)(NCCC1CCOC12CNC2)C1CC1. The highest BCUT2D eigenvalue weighted by Crippen LogP contribution is 2.37. The first-order valence-corrected chi connectivity index (χ1v) is 8.00. The van der Waals surface area contributed by atoms with Crippen molar-refractivity contribution in [2.24, 2.45) is 5.92 Å². The van der Waals surface area contributed by atoms with Crippen LogP contribution < -0.4 is 10.0 Å². The molecule has 0 bridgehead atoms. The van der Waals surface area contributed by atoms with E-state index in [4.69, 9.17) is 4.74 Å². The second-order valence-electron chi connectivity index (χ2n) is 5.43. The van der Waals surface area contributed by atoms with Crippen molar-refractivity contribution < 1.29 is 13.2 Å². The van der Waals surface area contributed by atoms with Crippen LogP contribution in [-0.4, -0.2) is 45.5 Å². The molecule has 1 unspecified atom stereocenters. The van der Waals surface area contributed by atoms with Crippen LogP contribution in [-0.2, 0) is 14.8 Å². The van der Waals surface area contributed by atoms with Gasteiger partial charge in [-0.05, 0) is 31.6 Å². The van der Waals surface area contributed by atoms with E-state index in [2.05, 4.69) is 10.0 Å². The summed E-state index contributed by atoms with van der Waals surface area (Å²) in [7, 11) is -3.01. The van der Waals surface area contributed by atoms with E-state index < -0.39 is 10.0 Å². The van der Waals surface area contributed by atoms with E-state index in [1.165, 1.54) is 0 Å². The fourth-order valence-corrected chi connectivity index (χ4v) is 4.22. The largest absolute Gasteiger partial charge is 0.372 e. The number of ether oxygens (including phenoxy) is 1. The lowest BCUT2D eigenvalue weighted by molar-refractivity contribution is -0.0624. The number of sulfonamides is 1. The molecule has 0 aromatic heterocycles. The van der Waals surface area contributed by atoms with E-state index in [0.29, 0.717) is 12.5 Å². The first kappa shape index (κ1) is 11.9. The highest BCUT2D eigenvalue weighted by molar-refractivity contribution is 7.90. The molecular weight excluding hydrogens is 240 g/mol. The van der Waals surface area contributed by atoms with E-state index in [1.807, 2.05) is 0 Å². The van der Waals surface area contributed by atoms with Crippen LogP contribution in [0.4, 0.5) is 0 Å². The van der Waals surface area contributed by atoms with Gasteiger partial charge in [-0.3, -0.25) is 0 Å². The molecule has 0 aromatic rings. The summed E-state index contributed by atoms with van der Waals surface area (Å²) in [4.78, 5) is 0. The Balaban J connectivity index is 1.48. The van der Waals surface area contributed by atoms with Crippen molar-refractivity contribution in [1.29, 1.82) is 0 Å². The highest BCUT2D eigenvalue weighted by atomic mass is 32.2. The first-order chi connectivity index (χ1) is 8.12. The highest BCUT2D eigenvalue weighted by Gasteiger charge is 2.48. The maximum atomic E-state index is 11.7. The third-order valence-corrected chi connectivity index (χ3v) is 6.16. The molecule has 6 heteroatoms. The molecule has 0 amide bonds. The lowest BCUT2D eigenvalue weighted by atomic mass is 9.80. The van der Waals surface area contributed by atoms with Crippen LogP contribution in [0.15, 0.2) is 0 Å². The van der Waals surface area contributed by atoms with Crippen molar-refractivity contribution in [2.75, 3.05) is 26.2 Å².